The molecule has 0 aliphatic heterocycles. The molecule has 0 rings (SSSR count). The van der Waals surface area contributed by atoms with Gasteiger partial charge in [-0.1, -0.05) is 22.6 Å². The lowest BCUT2D eigenvalue weighted by atomic mass is 10.0. The lowest BCUT2D eigenvalue weighted by Gasteiger charge is -2.28. The monoisotopic (exact) mass is 399 g/mol. The molecule has 0 aromatic rings. The number of alkyl halides is 1. The van der Waals surface area contributed by atoms with Gasteiger partial charge in [-0.05, 0) is 0 Å². The molecule has 4 atom stereocenters. The standard InChI is InChI=1S/C8H18INO7S/c1-10(18(16,17)4-9)2-5(12)7(14)8(15)6(13)3-11/h5-8,11-15H,2-4H2,1H3/t5-,6+,7+,8+/m0/s1. The maximum atomic E-state index is 11.4. The van der Waals surface area contributed by atoms with E-state index in [0.29, 0.717) is 0 Å². The predicted molar refractivity (Wildman–Crippen MR) is 71.5 cm³/mol. The van der Waals surface area contributed by atoms with E-state index in [1.807, 2.05) is 0 Å². The third-order valence-electron chi connectivity index (χ3n) is 2.38. The summed E-state index contributed by atoms with van der Waals surface area (Å²) in [7, 11) is -2.30. The smallest absolute Gasteiger partial charge is 0.223 e. The maximum absolute atomic E-state index is 11.4. The summed E-state index contributed by atoms with van der Waals surface area (Å²) in [6.45, 7) is -1.21. The molecule has 0 saturated carbocycles. The molecule has 10 heteroatoms. The molecule has 0 radical (unpaired) electrons. The molecule has 18 heavy (non-hydrogen) atoms. The molecule has 8 nitrogen and oxygen atoms in total. The Bertz CT molecular complexity index is 338. The largest absolute Gasteiger partial charge is 0.394 e. The van der Waals surface area contributed by atoms with E-state index in [0.717, 1.165) is 4.31 Å². The summed E-state index contributed by atoms with van der Waals surface area (Å²) >= 11 is 1.64. The van der Waals surface area contributed by atoms with Crippen molar-refractivity contribution in [1.82, 2.24) is 4.31 Å². The summed E-state index contributed by atoms with van der Waals surface area (Å²) in [5, 5.41) is 46.0. The SMILES string of the molecule is CN(C[C@H](O)[C@@H](O)[C@H](O)[C@H](O)CO)S(=O)(=O)CI. The van der Waals surface area contributed by atoms with Crippen LogP contribution in [0.2, 0.25) is 0 Å². The van der Waals surface area contributed by atoms with Crippen molar-refractivity contribution >= 4 is 32.6 Å². The van der Waals surface area contributed by atoms with Gasteiger partial charge in [-0.3, -0.25) is 0 Å². The van der Waals surface area contributed by atoms with Gasteiger partial charge in [-0.15, -0.1) is 0 Å². The zero-order valence-corrected chi connectivity index (χ0v) is 12.7. The van der Waals surface area contributed by atoms with Gasteiger partial charge < -0.3 is 25.5 Å². The molecule has 5 N–H and O–H groups in total. The first-order valence-corrected chi connectivity index (χ1v) is 8.14. The van der Waals surface area contributed by atoms with Crippen LogP contribution in [0.1, 0.15) is 0 Å². The molecule has 0 aliphatic carbocycles. The molecule has 0 spiro atoms. The van der Waals surface area contributed by atoms with Gasteiger partial charge in [0.05, 0.1) is 12.7 Å². The van der Waals surface area contributed by atoms with E-state index in [1.165, 1.54) is 7.05 Å². The van der Waals surface area contributed by atoms with Crippen molar-refractivity contribution < 1.29 is 34.0 Å². The second kappa shape index (κ2) is 7.89. The zero-order chi connectivity index (χ0) is 14.5. The number of hydrogen-bond donors (Lipinski definition) is 5. The van der Waals surface area contributed by atoms with Crippen LogP contribution in [0, 0.1) is 0 Å². The molecule has 0 amide bonds. The fourth-order valence-electron chi connectivity index (χ4n) is 1.13. The Labute approximate surface area is 119 Å². The Morgan fingerprint density at radius 2 is 1.56 bits per heavy atom. The highest BCUT2D eigenvalue weighted by Gasteiger charge is 2.32. The van der Waals surface area contributed by atoms with Crippen molar-refractivity contribution in [3.63, 3.8) is 0 Å². The van der Waals surface area contributed by atoms with E-state index < -0.39 is 47.6 Å². The second-order valence-electron chi connectivity index (χ2n) is 3.80. The quantitative estimate of drug-likeness (QED) is 0.218. The maximum Gasteiger partial charge on any atom is 0.223 e. The minimum atomic E-state index is -3.52. The molecule has 0 heterocycles. The average molecular weight is 399 g/mol. The normalized spacial score (nSPS) is 19.6. The molecule has 0 saturated heterocycles. The topological polar surface area (TPSA) is 139 Å². The van der Waals surface area contributed by atoms with Crippen molar-refractivity contribution in [1.29, 1.82) is 0 Å². The Balaban J connectivity index is 4.54. The first-order chi connectivity index (χ1) is 8.17. The van der Waals surface area contributed by atoms with Gasteiger partial charge in [-0.2, -0.15) is 0 Å². The van der Waals surface area contributed by atoms with Crippen LogP contribution in [0.25, 0.3) is 0 Å². The number of rotatable bonds is 8. The molecule has 110 valence electrons. The molecule has 0 aromatic carbocycles. The highest BCUT2D eigenvalue weighted by molar-refractivity contribution is 14.1. The van der Waals surface area contributed by atoms with E-state index in [2.05, 4.69) is 0 Å². The molecular weight excluding hydrogens is 381 g/mol. The summed E-state index contributed by atoms with van der Waals surface area (Å²) in [5.41, 5.74) is 0. The van der Waals surface area contributed by atoms with Crippen molar-refractivity contribution in [2.75, 3.05) is 24.0 Å². The fourth-order valence-corrected chi connectivity index (χ4v) is 3.10. The van der Waals surface area contributed by atoms with Crippen LogP contribution in [-0.2, 0) is 10.0 Å². The van der Waals surface area contributed by atoms with Crippen LogP contribution in [0.15, 0.2) is 0 Å². The van der Waals surface area contributed by atoms with E-state index in [9.17, 15) is 23.7 Å². The van der Waals surface area contributed by atoms with Gasteiger partial charge in [0.25, 0.3) is 0 Å². The first-order valence-electron chi connectivity index (χ1n) is 5.00. The van der Waals surface area contributed by atoms with Gasteiger partial charge in [0, 0.05) is 13.6 Å². The zero-order valence-electron chi connectivity index (χ0n) is 9.72. The van der Waals surface area contributed by atoms with Gasteiger partial charge in [0.15, 0.2) is 0 Å². The molecular formula is C8H18INO7S. The van der Waals surface area contributed by atoms with Crippen molar-refractivity contribution in [3.05, 3.63) is 0 Å². The van der Waals surface area contributed by atoms with E-state index >= 15 is 0 Å². The minimum Gasteiger partial charge on any atom is -0.394 e. The van der Waals surface area contributed by atoms with Crippen LogP contribution < -0.4 is 0 Å². The van der Waals surface area contributed by atoms with Crippen LogP contribution in [-0.4, -0.2) is 86.6 Å². The van der Waals surface area contributed by atoms with Crippen LogP contribution >= 0.6 is 22.6 Å². The summed E-state index contributed by atoms with van der Waals surface area (Å²) in [6.07, 6.45) is -6.72. The summed E-state index contributed by atoms with van der Waals surface area (Å²) < 4.78 is 23.4. The lowest BCUT2D eigenvalue weighted by molar-refractivity contribution is -0.116. The van der Waals surface area contributed by atoms with Gasteiger partial charge in [0.2, 0.25) is 10.0 Å². The van der Waals surface area contributed by atoms with E-state index in [1.54, 1.807) is 22.6 Å². The number of hydrogen-bond acceptors (Lipinski definition) is 7. The van der Waals surface area contributed by atoms with E-state index in [-0.39, 0.29) is 3.76 Å². The van der Waals surface area contributed by atoms with E-state index in [4.69, 9.17) is 10.2 Å². The Kier molecular flexibility index (Phi) is 8.08. The molecule has 0 unspecified atom stereocenters. The van der Waals surface area contributed by atoms with Gasteiger partial charge >= 0.3 is 0 Å². The van der Waals surface area contributed by atoms with Gasteiger partial charge in [-0.25, -0.2) is 12.7 Å². The predicted octanol–water partition coefficient (Wildman–Crippen LogP) is -2.92. The highest BCUT2D eigenvalue weighted by Crippen LogP contribution is 2.09. The van der Waals surface area contributed by atoms with Gasteiger partial charge in [0.1, 0.15) is 22.1 Å². The number of nitrogens with zero attached hydrogens (tertiary/aromatic N) is 1. The highest BCUT2D eigenvalue weighted by atomic mass is 127. The molecule has 0 aromatic heterocycles. The number of sulfonamides is 1. The van der Waals surface area contributed by atoms with Crippen LogP contribution in [0.5, 0.6) is 0 Å². The number of aliphatic hydroxyl groups is 5. The number of aliphatic hydroxyl groups excluding tert-OH is 5. The minimum absolute atomic E-state index is 0.189. The third kappa shape index (κ3) is 5.21. The van der Waals surface area contributed by atoms with Crippen LogP contribution in [0.3, 0.4) is 0 Å². The third-order valence-corrected chi connectivity index (χ3v) is 6.12. The Morgan fingerprint density at radius 1 is 1.11 bits per heavy atom. The number of likely N-dealkylation sites (N-methyl/N-ethyl adjacent to an activating group) is 1. The molecule has 0 fully saturated rings. The Hall–Kier alpha value is 0.440. The summed E-state index contributed by atoms with van der Waals surface area (Å²) in [5.74, 6) is 0. The molecule has 0 aliphatic rings. The van der Waals surface area contributed by atoms with Crippen molar-refractivity contribution in [2.45, 2.75) is 24.4 Å². The van der Waals surface area contributed by atoms with Crippen molar-refractivity contribution in [3.8, 4) is 0 Å². The van der Waals surface area contributed by atoms with Crippen LogP contribution in [0.4, 0.5) is 0 Å². The average Bonchev–Trinajstić information content (AvgIpc) is 2.35. The molecule has 0 bridgehead atoms. The second-order valence-corrected chi connectivity index (χ2v) is 7.67. The Morgan fingerprint density at radius 3 is 1.94 bits per heavy atom. The lowest BCUT2D eigenvalue weighted by Crippen LogP contribution is -2.50. The number of halogens is 1. The summed E-state index contributed by atoms with van der Waals surface area (Å²) in [4.78, 5) is 0. The van der Waals surface area contributed by atoms with Crippen molar-refractivity contribution in [2.24, 2.45) is 0 Å². The fraction of sp³-hybridized carbons (Fsp3) is 1.00. The summed E-state index contributed by atoms with van der Waals surface area (Å²) in [6, 6.07) is 0. The first kappa shape index (κ1) is 18.4.